The number of imidazole rings is 1. The van der Waals surface area contributed by atoms with E-state index < -0.39 is 71.4 Å². The van der Waals surface area contributed by atoms with Gasteiger partial charge in [0, 0.05) is 6.54 Å². The molecular formula is C16H23N7O12P2-2. The van der Waals surface area contributed by atoms with Crippen LogP contribution in [0.2, 0.25) is 0 Å². The number of phosphoric ester groups is 1. The molecule has 0 bridgehead atoms. The van der Waals surface area contributed by atoms with E-state index in [1.165, 1.54) is 10.9 Å². The first-order valence-electron chi connectivity index (χ1n) is 10.5. The molecule has 2 unspecified atom stereocenters. The fraction of sp³-hybridized carbons (Fsp3) is 0.562. The molecule has 21 heteroatoms. The number of fused-ring (bicyclic) bond motifs is 1. The number of hydrogen-bond acceptors (Lipinski definition) is 15. The molecule has 1 saturated heterocycles. The average Bonchev–Trinajstić information content (AvgIpc) is 3.33. The number of phosphoric acid groups is 1. The number of ether oxygens (including phenoxy) is 1. The molecule has 0 aromatic carbocycles. The van der Waals surface area contributed by atoms with Crippen molar-refractivity contribution in [2.24, 2.45) is 0 Å². The quantitative estimate of drug-likeness (QED) is 0.142. The standard InChI is InChI=1S/C16H25N7O12P2/c1-2-18-16(28)22-13-10-14(20-5-19-13)23(6-21-10)15-12(27)11(26)8(34-15)4-33-37(31,32)35-36(29,30)7-17-3-9(24)25/h5-6,8,11-12,15,17,26-27H,2-4,7H2,1H3,(H,24,25)(H,29,30)(H,31,32)(H2,18,19,20,22,28)/p-2/t8-,11+,12+,15-/m1/s1. The molecule has 1 aliphatic heterocycles. The fourth-order valence-electron chi connectivity index (χ4n) is 3.21. The van der Waals surface area contributed by atoms with Crippen molar-refractivity contribution in [3.8, 4) is 0 Å². The summed E-state index contributed by atoms with van der Waals surface area (Å²) in [4.78, 5) is 58.0. The van der Waals surface area contributed by atoms with Gasteiger partial charge in [-0.3, -0.25) is 28.9 Å². The maximum atomic E-state index is 11.9. The Morgan fingerprint density at radius 3 is 2.62 bits per heavy atom. The second kappa shape index (κ2) is 11.9. The number of aliphatic hydroxyl groups is 2. The van der Waals surface area contributed by atoms with Gasteiger partial charge in [-0.15, -0.1) is 0 Å². The zero-order valence-electron chi connectivity index (χ0n) is 19.0. The maximum Gasteiger partial charge on any atom is 0.320 e. The molecule has 1 aliphatic rings. The minimum Gasteiger partial charge on any atom is -0.777 e. The summed E-state index contributed by atoms with van der Waals surface area (Å²) in [5.41, 5.74) is 0.220. The molecule has 2 aromatic heterocycles. The van der Waals surface area contributed by atoms with Gasteiger partial charge in [0.1, 0.15) is 24.6 Å². The smallest absolute Gasteiger partial charge is 0.320 e. The summed E-state index contributed by atoms with van der Waals surface area (Å²) in [6, 6.07) is -0.550. The van der Waals surface area contributed by atoms with Crippen LogP contribution in [-0.4, -0.2) is 91.1 Å². The lowest BCUT2D eigenvalue weighted by molar-refractivity contribution is -0.234. The van der Waals surface area contributed by atoms with Gasteiger partial charge in [-0.2, -0.15) is 0 Å². The number of hydrogen-bond donors (Lipinski definition) is 6. The predicted octanol–water partition coefficient (Wildman–Crippen LogP) is -2.73. The van der Waals surface area contributed by atoms with Gasteiger partial charge in [-0.25, -0.2) is 19.7 Å². The van der Waals surface area contributed by atoms with Gasteiger partial charge >= 0.3 is 12.0 Å². The molecule has 0 aliphatic carbocycles. The Hall–Kier alpha value is -2.57. The van der Waals surface area contributed by atoms with Crippen molar-refractivity contribution in [1.29, 1.82) is 0 Å². The average molecular weight is 567 g/mol. The van der Waals surface area contributed by atoms with Crippen LogP contribution >= 0.6 is 15.4 Å². The number of nitrogens with zero attached hydrogens (tertiary/aromatic N) is 4. The largest absolute Gasteiger partial charge is 0.777 e. The molecule has 3 heterocycles. The Balaban J connectivity index is 1.67. The first kappa shape index (κ1) is 29.0. The molecule has 0 spiro atoms. The highest BCUT2D eigenvalue weighted by Gasteiger charge is 2.45. The Kier molecular flexibility index (Phi) is 9.30. The Labute approximate surface area is 207 Å². The molecule has 6 atom stereocenters. The Morgan fingerprint density at radius 1 is 1.22 bits per heavy atom. The topological polar surface area (TPSA) is 282 Å². The number of amides is 2. The van der Waals surface area contributed by atoms with Crippen LogP contribution in [0.25, 0.3) is 11.2 Å². The van der Waals surface area contributed by atoms with Crippen molar-refractivity contribution in [3.63, 3.8) is 0 Å². The van der Waals surface area contributed by atoms with Crippen LogP contribution in [-0.2, 0) is 27.5 Å². The number of carboxylic acids is 1. The molecular weight excluding hydrogens is 544 g/mol. The van der Waals surface area contributed by atoms with Gasteiger partial charge in [0.2, 0.25) is 0 Å². The molecule has 206 valence electrons. The lowest BCUT2D eigenvalue weighted by atomic mass is 10.1. The molecule has 3 rings (SSSR count). The van der Waals surface area contributed by atoms with Crippen LogP contribution in [0, 0.1) is 0 Å². The number of rotatable bonds is 12. The molecule has 37 heavy (non-hydrogen) atoms. The zero-order chi connectivity index (χ0) is 27.4. The van der Waals surface area contributed by atoms with Crippen LogP contribution in [0.5, 0.6) is 0 Å². The highest BCUT2D eigenvalue weighted by molar-refractivity contribution is 7.62. The monoisotopic (exact) mass is 567 g/mol. The molecule has 1 fully saturated rings. The Morgan fingerprint density at radius 2 is 1.95 bits per heavy atom. The second-order valence-electron chi connectivity index (χ2n) is 7.49. The van der Waals surface area contributed by atoms with E-state index in [0.717, 1.165) is 6.33 Å². The summed E-state index contributed by atoms with van der Waals surface area (Å²) in [5.74, 6) is -1.33. The van der Waals surface area contributed by atoms with E-state index in [-0.39, 0.29) is 17.0 Å². The predicted molar refractivity (Wildman–Crippen MR) is 117 cm³/mol. The number of urea groups is 1. The van der Waals surface area contributed by atoms with Gasteiger partial charge < -0.3 is 44.2 Å². The summed E-state index contributed by atoms with van der Waals surface area (Å²) in [6.07, 6.45) is -4.92. The zero-order valence-corrected chi connectivity index (χ0v) is 20.8. The number of carboxylic acid groups (broad SMARTS) is 1. The van der Waals surface area contributed by atoms with E-state index >= 15 is 0 Å². The SMILES string of the molecule is CCNC(=O)Nc1ncnc2c1ncn2[C@@H]1O[C@H](COP(=O)([O-])OP(=O)([O-])CNCC(=O)O)[C@H](O)[C@@H]1O. The third-order valence-electron chi connectivity index (χ3n) is 4.74. The van der Waals surface area contributed by atoms with Gasteiger partial charge in [-0.1, -0.05) is 0 Å². The van der Waals surface area contributed by atoms with Gasteiger partial charge in [0.15, 0.2) is 30.8 Å². The number of nitrogens with one attached hydrogen (secondary N) is 3. The number of aromatic nitrogens is 4. The highest BCUT2D eigenvalue weighted by atomic mass is 31.3. The van der Waals surface area contributed by atoms with Crippen LogP contribution in [0.4, 0.5) is 10.6 Å². The minimum absolute atomic E-state index is 0.0481. The van der Waals surface area contributed by atoms with E-state index in [0.29, 0.717) is 6.54 Å². The van der Waals surface area contributed by atoms with E-state index in [2.05, 4.69) is 34.4 Å². The molecule has 2 amide bonds. The van der Waals surface area contributed by atoms with Crippen LogP contribution in [0.1, 0.15) is 13.2 Å². The molecule has 2 aromatic rings. The molecule has 19 nitrogen and oxygen atoms in total. The summed E-state index contributed by atoms with van der Waals surface area (Å²) < 4.78 is 38.9. The molecule has 6 N–H and O–H groups in total. The number of aliphatic hydroxyl groups excluding tert-OH is 2. The number of carbonyl (C=O) groups is 2. The Bertz CT molecular complexity index is 1230. The van der Waals surface area contributed by atoms with E-state index in [4.69, 9.17) is 9.84 Å². The third-order valence-corrected chi connectivity index (χ3v) is 7.61. The lowest BCUT2D eigenvalue weighted by Crippen LogP contribution is -2.34. The van der Waals surface area contributed by atoms with Gasteiger partial charge in [0.25, 0.3) is 7.82 Å². The normalized spacial score (nSPS) is 24.9. The van der Waals surface area contributed by atoms with Gasteiger partial charge in [0.05, 0.1) is 25.8 Å². The van der Waals surface area contributed by atoms with Crippen molar-refractivity contribution in [1.82, 2.24) is 30.2 Å². The second-order valence-corrected chi connectivity index (χ2v) is 10.8. The van der Waals surface area contributed by atoms with Crippen LogP contribution in [0.15, 0.2) is 12.7 Å². The molecule has 0 saturated carbocycles. The summed E-state index contributed by atoms with van der Waals surface area (Å²) in [5, 5.41) is 36.2. The van der Waals surface area contributed by atoms with Crippen molar-refractivity contribution in [2.75, 3.05) is 31.3 Å². The van der Waals surface area contributed by atoms with E-state index in [9.17, 15) is 38.7 Å². The van der Waals surface area contributed by atoms with Crippen molar-refractivity contribution in [2.45, 2.75) is 31.5 Å². The van der Waals surface area contributed by atoms with Crippen LogP contribution in [0.3, 0.4) is 0 Å². The summed E-state index contributed by atoms with van der Waals surface area (Å²) in [6.45, 7) is 0.361. The van der Waals surface area contributed by atoms with Crippen molar-refractivity contribution < 1.29 is 57.4 Å². The maximum absolute atomic E-state index is 11.9. The van der Waals surface area contributed by atoms with Gasteiger partial charge in [-0.05, 0) is 6.92 Å². The summed E-state index contributed by atoms with van der Waals surface area (Å²) in [7, 11) is -10.6. The highest BCUT2D eigenvalue weighted by Crippen LogP contribution is 2.54. The fourth-order valence-corrected chi connectivity index (χ4v) is 5.56. The van der Waals surface area contributed by atoms with Crippen molar-refractivity contribution >= 4 is 44.4 Å². The minimum atomic E-state index is -5.49. The van der Waals surface area contributed by atoms with Crippen LogP contribution < -0.4 is 25.7 Å². The molecule has 0 radical (unpaired) electrons. The number of aliphatic carboxylic acids is 1. The first-order valence-corrected chi connectivity index (χ1v) is 13.7. The third kappa shape index (κ3) is 7.48. The summed E-state index contributed by atoms with van der Waals surface area (Å²) >= 11 is 0. The number of anilines is 1. The van der Waals surface area contributed by atoms with Crippen molar-refractivity contribution in [3.05, 3.63) is 12.7 Å². The number of carbonyl (C=O) groups excluding carboxylic acids is 1. The first-order chi connectivity index (χ1) is 17.3. The van der Waals surface area contributed by atoms with E-state index in [1.807, 2.05) is 5.32 Å². The van der Waals surface area contributed by atoms with E-state index in [1.54, 1.807) is 6.92 Å². The lowest BCUT2D eigenvalue weighted by Gasteiger charge is -2.32.